The van der Waals surface area contributed by atoms with Gasteiger partial charge >= 0.3 is 6.09 Å². The normalized spacial score (nSPS) is 20.6. The summed E-state index contributed by atoms with van der Waals surface area (Å²) in [4.78, 5) is 53.2. The first-order chi connectivity index (χ1) is 15.8. The van der Waals surface area contributed by atoms with Crippen LogP contribution in [0.1, 0.15) is 50.6 Å². The maximum atomic E-state index is 13.1. The van der Waals surface area contributed by atoms with Crippen molar-refractivity contribution in [3.63, 3.8) is 0 Å². The van der Waals surface area contributed by atoms with Gasteiger partial charge in [-0.15, -0.1) is 0 Å². The lowest BCUT2D eigenvalue weighted by atomic mass is 9.79. The molecule has 0 saturated heterocycles. The maximum Gasteiger partial charge on any atom is 0.408 e. The monoisotopic (exact) mass is 491 g/mol. The van der Waals surface area contributed by atoms with E-state index in [2.05, 4.69) is 5.32 Å². The third kappa shape index (κ3) is 5.35. The molecule has 34 heavy (non-hydrogen) atoms. The second-order valence-electron chi connectivity index (χ2n) is 9.83. The largest absolute Gasteiger partial charge is 0.465 e. The van der Waals surface area contributed by atoms with Gasteiger partial charge in [-0.25, -0.2) is 4.79 Å². The number of carbonyl (C=O) groups excluding carboxylic acids is 2. The average Bonchev–Trinajstić information content (AvgIpc) is 2.73. The molecule has 2 N–H and O–H groups in total. The molecule has 1 aromatic carbocycles. The van der Waals surface area contributed by atoms with Gasteiger partial charge in [-0.1, -0.05) is 11.6 Å². The lowest BCUT2D eigenvalue weighted by Crippen LogP contribution is -2.61. The molecule has 1 fully saturated rings. The predicted octanol–water partition coefficient (Wildman–Crippen LogP) is 3.58. The zero-order chi connectivity index (χ0) is 25.4. The molecular formula is C24H30ClN3O6. The number of fused-ring (bicyclic) bond motifs is 1. The van der Waals surface area contributed by atoms with Crippen molar-refractivity contribution in [1.29, 1.82) is 0 Å². The smallest absolute Gasteiger partial charge is 0.408 e. The number of hydrogen-bond acceptors (Lipinski definition) is 5. The number of nitrogens with zero attached hydrogens (tertiary/aromatic N) is 2. The number of hydrogen-bond donors (Lipinski definition) is 2. The quantitative estimate of drug-likeness (QED) is 0.674. The van der Waals surface area contributed by atoms with Crippen molar-refractivity contribution in [2.75, 3.05) is 14.1 Å². The van der Waals surface area contributed by atoms with Crippen LogP contribution in [0.15, 0.2) is 33.5 Å². The van der Waals surface area contributed by atoms with Gasteiger partial charge in [0, 0.05) is 42.7 Å². The highest BCUT2D eigenvalue weighted by Gasteiger charge is 2.44. The molecule has 184 valence electrons. The van der Waals surface area contributed by atoms with E-state index in [-0.39, 0.29) is 35.0 Å². The minimum Gasteiger partial charge on any atom is -0.465 e. The van der Waals surface area contributed by atoms with E-state index in [4.69, 9.17) is 16.0 Å². The summed E-state index contributed by atoms with van der Waals surface area (Å²) in [5.74, 6) is -1.24. The summed E-state index contributed by atoms with van der Waals surface area (Å²) in [6.45, 7) is 5.31. The van der Waals surface area contributed by atoms with Gasteiger partial charge in [-0.3, -0.25) is 19.3 Å². The first-order valence-corrected chi connectivity index (χ1v) is 11.4. The number of halogens is 1. The van der Waals surface area contributed by atoms with Crippen molar-refractivity contribution in [3.05, 3.63) is 45.3 Å². The minimum absolute atomic E-state index is 0.0757. The van der Waals surface area contributed by atoms with Crippen LogP contribution in [0, 0.1) is 5.92 Å². The molecule has 9 nitrogen and oxygen atoms in total. The Morgan fingerprint density at radius 2 is 1.82 bits per heavy atom. The summed E-state index contributed by atoms with van der Waals surface area (Å²) >= 11 is 5.94. The van der Waals surface area contributed by atoms with E-state index in [1.807, 2.05) is 0 Å². The zero-order valence-corrected chi connectivity index (χ0v) is 20.7. The Kier molecular flexibility index (Phi) is 7.26. The molecule has 3 rings (SSSR count). The first-order valence-electron chi connectivity index (χ1n) is 11.1. The van der Waals surface area contributed by atoms with Crippen LogP contribution in [0.2, 0.25) is 5.02 Å². The van der Waals surface area contributed by atoms with Crippen LogP contribution in [0.4, 0.5) is 4.79 Å². The van der Waals surface area contributed by atoms with Gasteiger partial charge in [0.2, 0.25) is 5.91 Å². The molecule has 1 aliphatic rings. The molecule has 10 heteroatoms. The van der Waals surface area contributed by atoms with Crippen LogP contribution in [0.5, 0.6) is 0 Å². The van der Waals surface area contributed by atoms with Crippen molar-refractivity contribution >= 4 is 40.5 Å². The van der Waals surface area contributed by atoms with Crippen LogP contribution in [-0.4, -0.2) is 64.5 Å². The minimum atomic E-state index is -1.14. The standard InChI is InChI=1S/C24H30ClN3O6/c1-24(2,3)28(23(32)33)17-10-13(22(31)27(4)5)6-8-16(17)26-21(30)20-12-18(29)15-11-14(25)7-9-19(15)34-20/h7,9,11-13,16-17H,6,8,10H2,1-5H3,(H,26,30)(H,32,33)/t13-,16-,17+/m0/s1. The molecule has 3 atom stereocenters. The zero-order valence-electron chi connectivity index (χ0n) is 19.9. The summed E-state index contributed by atoms with van der Waals surface area (Å²) in [7, 11) is 3.33. The lowest BCUT2D eigenvalue weighted by molar-refractivity contribution is -0.135. The fourth-order valence-corrected chi connectivity index (χ4v) is 4.77. The number of carboxylic acid groups (broad SMARTS) is 1. The highest BCUT2D eigenvalue weighted by molar-refractivity contribution is 6.31. The van der Waals surface area contributed by atoms with Crippen LogP contribution in [0.3, 0.4) is 0 Å². The van der Waals surface area contributed by atoms with Gasteiger partial charge < -0.3 is 19.7 Å². The van der Waals surface area contributed by atoms with Crippen LogP contribution in [0.25, 0.3) is 11.0 Å². The van der Waals surface area contributed by atoms with E-state index in [1.165, 1.54) is 21.9 Å². The summed E-state index contributed by atoms with van der Waals surface area (Å²) in [5, 5.41) is 13.5. The van der Waals surface area contributed by atoms with Crippen LogP contribution >= 0.6 is 11.6 Å². The van der Waals surface area contributed by atoms with Gasteiger partial charge in [-0.05, 0) is 58.2 Å². The molecule has 0 spiro atoms. The summed E-state index contributed by atoms with van der Waals surface area (Å²) in [6, 6.07) is 4.43. The van der Waals surface area contributed by atoms with Gasteiger partial charge in [0.15, 0.2) is 11.2 Å². The number of nitrogens with one attached hydrogen (secondary N) is 1. The second kappa shape index (κ2) is 9.66. The lowest BCUT2D eigenvalue weighted by Gasteiger charge is -2.47. The van der Waals surface area contributed by atoms with E-state index in [9.17, 15) is 24.3 Å². The molecule has 1 saturated carbocycles. The van der Waals surface area contributed by atoms with Crippen molar-refractivity contribution in [1.82, 2.24) is 15.1 Å². The van der Waals surface area contributed by atoms with Crippen LogP contribution in [-0.2, 0) is 4.79 Å². The molecular weight excluding hydrogens is 462 g/mol. The number of rotatable bonds is 4. The molecule has 0 radical (unpaired) electrons. The Hall–Kier alpha value is -3.07. The van der Waals surface area contributed by atoms with Gasteiger partial charge in [0.1, 0.15) is 5.58 Å². The molecule has 0 bridgehead atoms. The maximum absolute atomic E-state index is 13.1. The topological polar surface area (TPSA) is 120 Å². The third-order valence-corrected chi connectivity index (χ3v) is 6.33. The predicted molar refractivity (Wildman–Crippen MR) is 128 cm³/mol. The highest BCUT2D eigenvalue weighted by Crippen LogP contribution is 2.33. The number of carbonyl (C=O) groups is 3. The number of benzene rings is 1. The molecule has 0 aliphatic heterocycles. The highest BCUT2D eigenvalue weighted by atomic mass is 35.5. The number of amides is 3. The fraction of sp³-hybridized carbons (Fsp3) is 0.500. The molecule has 2 aromatic rings. The molecule has 3 amide bonds. The van der Waals surface area contributed by atoms with Crippen molar-refractivity contribution in [2.45, 2.75) is 57.7 Å². The first kappa shape index (κ1) is 25.6. The fourth-order valence-electron chi connectivity index (χ4n) is 4.60. The van der Waals surface area contributed by atoms with E-state index < -0.39 is 35.1 Å². The Balaban J connectivity index is 1.93. The van der Waals surface area contributed by atoms with Crippen LogP contribution < -0.4 is 10.7 Å². The molecule has 0 unspecified atom stereocenters. The molecule has 1 aliphatic carbocycles. The summed E-state index contributed by atoms with van der Waals surface area (Å²) in [5.41, 5.74) is -0.953. The Bertz CT molecular complexity index is 1170. The van der Waals surface area contributed by atoms with Gasteiger partial charge in [0.05, 0.1) is 11.4 Å². The van der Waals surface area contributed by atoms with E-state index in [0.29, 0.717) is 17.9 Å². The van der Waals surface area contributed by atoms with Crippen molar-refractivity contribution in [2.24, 2.45) is 5.92 Å². The van der Waals surface area contributed by atoms with E-state index in [0.717, 1.165) is 6.07 Å². The Labute approximate surface area is 202 Å². The van der Waals surface area contributed by atoms with Gasteiger partial charge in [0.25, 0.3) is 5.91 Å². The Morgan fingerprint density at radius 3 is 2.41 bits per heavy atom. The summed E-state index contributed by atoms with van der Waals surface area (Å²) in [6.07, 6.45) is 0.0272. The summed E-state index contributed by atoms with van der Waals surface area (Å²) < 4.78 is 5.64. The van der Waals surface area contributed by atoms with Crippen molar-refractivity contribution in [3.8, 4) is 0 Å². The van der Waals surface area contributed by atoms with E-state index in [1.54, 1.807) is 40.9 Å². The third-order valence-electron chi connectivity index (χ3n) is 6.10. The van der Waals surface area contributed by atoms with E-state index >= 15 is 0 Å². The Morgan fingerprint density at radius 1 is 1.15 bits per heavy atom. The van der Waals surface area contributed by atoms with Crippen molar-refractivity contribution < 1.29 is 23.9 Å². The average molecular weight is 492 g/mol. The molecule has 1 heterocycles. The second-order valence-corrected chi connectivity index (χ2v) is 10.3. The van der Waals surface area contributed by atoms with Gasteiger partial charge in [-0.2, -0.15) is 0 Å². The molecule has 1 aromatic heterocycles. The SMILES string of the molecule is CN(C)C(=O)[C@H]1CC[C@H](NC(=O)c2cc(=O)c3cc(Cl)ccc3o2)[C@H](N(C(=O)O)C(C)(C)C)C1.